The van der Waals surface area contributed by atoms with Gasteiger partial charge in [-0.2, -0.15) is 13.2 Å². The molecule has 0 bridgehead atoms. The number of carbonyl (C=O) groups is 1. The predicted molar refractivity (Wildman–Crippen MR) is 105 cm³/mol. The van der Waals surface area contributed by atoms with Crippen molar-refractivity contribution in [2.75, 3.05) is 23.0 Å². The van der Waals surface area contributed by atoms with Gasteiger partial charge in [-0.25, -0.2) is 4.98 Å². The normalized spacial score (nSPS) is 12.4. The van der Waals surface area contributed by atoms with Crippen LogP contribution in [-0.2, 0) is 16.0 Å². The Morgan fingerprint density at radius 3 is 2.79 bits per heavy atom. The number of anilines is 1. The van der Waals surface area contributed by atoms with Gasteiger partial charge in [-0.3, -0.25) is 14.7 Å². The fourth-order valence-corrected chi connectivity index (χ4v) is 4.49. The van der Waals surface area contributed by atoms with Gasteiger partial charge in [0.1, 0.15) is 21.5 Å². The molecule has 11 heteroatoms. The lowest BCUT2D eigenvalue weighted by molar-refractivity contribution is -0.129. The van der Waals surface area contributed by atoms with Crippen LogP contribution in [0.1, 0.15) is 12.8 Å². The largest absolute Gasteiger partial charge is 0.616 e. The quantitative estimate of drug-likeness (QED) is 0.452. The number of terminal acetylenes is 1. The van der Waals surface area contributed by atoms with Gasteiger partial charge in [0.05, 0.1) is 19.4 Å². The van der Waals surface area contributed by atoms with Crippen LogP contribution in [0.5, 0.6) is 0 Å². The van der Waals surface area contributed by atoms with E-state index in [-0.39, 0.29) is 23.9 Å². The minimum absolute atomic E-state index is 0.0747. The third-order valence-electron chi connectivity index (χ3n) is 3.43. The molecule has 0 fully saturated rings. The number of alkyl halides is 3. The van der Waals surface area contributed by atoms with Gasteiger partial charge < -0.3 is 4.55 Å². The van der Waals surface area contributed by atoms with E-state index in [0.29, 0.717) is 15.6 Å². The molecule has 2 aromatic heterocycles. The van der Waals surface area contributed by atoms with Crippen molar-refractivity contribution in [2.24, 2.45) is 0 Å². The molecular formula is C17H15ClF3N3O2S2. The number of thiazole rings is 1. The molecule has 0 saturated carbocycles. The second-order valence-corrected chi connectivity index (χ2v) is 8.54. The molecule has 1 unspecified atom stereocenters. The van der Waals surface area contributed by atoms with Crippen LogP contribution >= 0.6 is 22.9 Å². The minimum atomic E-state index is -4.38. The van der Waals surface area contributed by atoms with Crippen molar-refractivity contribution in [3.8, 4) is 22.9 Å². The number of hydrogen-bond donors (Lipinski definition) is 0. The molecule has 0 aliphatic carbocycles. The molecule has 0 saturated heterocycles. The van der Waals surface area contributed by atoms with E-state index in [1.807, 2.05) is 0 Å². The molecular weight excluding hydrogens is 435 g/mol. The number of amides is 1. The highest BCUT2D eigenvalue weighted by molar-refractivity contribution is 7.91. The van der Waals surface area contributed by atoms with E-state index in [1.165, 1.54) is 4.90 Å². The zero-order chi connectivity index (χ0) is 20.7. The minimum Gasteiger partial charge on any atom is -0.616 e. The molecule has 150 valence electrons. The summed E-state index contributed by atoms with van der Waals surface area (Å²) in [6.45, 7) is -0.0948. The van der Waals surface area contributed by atoms with Crippen molar-refractivity contribution in [1.29, 1.82) is 0 Å². The van der Waals surface area contributed by atoms with Crippen molar-refractivity contribution >= 4 is 45.0 Å². The Labute approximate surface area is 172 Å². The fourth-order valence-electron chi connectivity index (χ4n) is 2.10. The number of carbonyl (C=O) groups excluding carboxylic acids is 1. The standard InChI is InChI=1S/C17H15ClF3N3O2S2/c1-2-8-24(13(25)5-9-28(26)10-6-17(19,20)21)16-14(18)23-15(27-16)12-4-3-7-22-11-12/h1,3-4,7,11H,5-6,8-10H2. The molecule has 1 atom stereocenters. The van der Waals surface area contributed by atoms with Crippen LogP contribution in [0.25, 0.3) is 10.6 Å². The van der Waals surface area contributed by atoms with E-state index in [0.717, 1.165) is 11.3 Å². The molecule has 28 heavy (non-hydrogen) atoms. The van der Waals surface area contributed by atoms with E-state index in [1.54, 1.807) is 24.5 Å². The van der Waals surface area contributed by atoms with Gasteiger partial charge in [-0.1, -0.05) is 40.0 Å². The zero-order valence-corrected chi connectivity index (χ0v) is 16.8. The van der Waals surface area contributed by atoms with Crippen molar-refractivity contribution in [1.82, 2.24) is 9.97 Å². The number of hydrogen-bond acceptors (Lipinski definition) is 5. The van der Waals surface area contributed by atoms with Gasteiger partial charge in [-0.05, 0) is 12.1 Å². The van der Waals surface area contributed by atoms with Crippen LogP contribution in [0.2, 0.25) is 5.15 Å². The summed E-state index contributed by atoms with van der Waals surface area (Å²) in [5, 5.41) is 0.937. The molecule has 1 amide bonds. The molecule has 0 radical (unpaired) electrons. The van der Waals surface area contributed by atoms with Crippen molar-refractivity contribution in [3.05, 3.63) is 29.7 Å². The first-order valence-corrected chi connectivity index (χ1v) is 10.6. The third kappa shape index (κ3) is 6.67. The van der Waals surface area contributed by atoms with Crippen LogP contribution in [0.4, 0.5) is 18.2 Å². The summed E-state index contributed by atoms with van der Waals surface area (Å²) in [5.41, 5.74) is 0.710. The first kappa shape index (κ1) is 22.5. The Balaban J connectivity index is 2.07. The second-order valence-electron chi connectivity index (χ2n) is 5.50. The topological polar surface area (TPSA) is 69.2 Å². The summed E-state index contributed by atoms with van der Waals surface area (Å²) < 4.78 is 48.3. The van der Waals surface area contributed by atoms with E-state index < -0.39 is 35.4 Å². The zero-order valence-electron chi connectivity index (χ0n) is 14.4. The molecule has 0 aliphatic heterocycles. The summed E-state index contributed by atoms with van der Waals surface area (Å²) in [6.07, 6.45) is 2.77. The molecule has 2 rings (SSSR count). The Morgan fingerprint density at radius 2 is 2.18 bits per heavy atom. The second kappa shape index (κ2) is 10.1. The number of rotatable bonds is 8. The fraction of sp³-hybridized carbons (Fsp3) is 0.353. The maximum atomic E-state index is 12.5. The lowest BCUT2D eigenvalue weighted by Crippen LogP contribution is -2.32. The molecule has 2 heterocycles. The van der Waals surface area contributed by atoms with Crippen LogP contribution < -0.4 is 4.90 Å². The lowest BCUT2D eigenvalue weighted by atomic mass is 10.3. The van der Waals surface area contributed by atoms with Crippen LogP contribution in [0, 0.1) is 12.3 Å². The maximum Gasteiger partial charge on any atom is 0.393 e. The number of nitrogens with zero attached hydrogens (tertiary/aromatic N) is 3. The summed E-state index contributed by atoms with van der Waals surface area (Å²) in [7, 11) is 0. The van der Waals surface area contributed by atoms with Gasteiger partial charge >= 0.3 is 6.18 Å². The molecule has 5 nitrogen and oxygen atoms in total. The van der Waals surface area contributed by atoms with E-state index in [9.17, 15) is 22.5 Å². The van der Waals surface area contributed by atoms with Crippen LogP contribution in [0.15, 0.2) is 24.5 Å². The Hall–Kier alpha value is -1.80. The molecule has 0 aromatic carbocycles. The Kier molecular flexibility index (Phi) is 8.12. The SMILES string of the molecule is C#CCN(C(=O)CC[S+]([O-])CCC(F)(F)F)c1sc(-c2cccnc2)nc1Cl. The Morgan fingerprint density at radius 1 is 1.43 bits per heavy atom. The molecule has 0 N–H and O–H groups in total. The summed E-state index contributed by atoms with van der Waals surface area (Å²) in [4.78, 5) is 22.0. The first-order valence-electron chi connectivity index (χ1n) is 7.93. The maximum absolute atomic E-state index is 12.5. The summed E-state index contributed by atoms with van der Waals surface area (Å²) >= 11 is 5.54. The number of pyridine rings is 1. The average molecular weight is 450 g/mol. The average Bonchev–Trinajstić information content (AvgIpc) is 3.04. The van der Waals surface area contributed by atoms with Crippen molar-refractivity contribution in [2.45, 2.75) is 19.0 Å². The number of aromatic nitrogens is 2. The van der Waals surface area contributed by atoms with Gasteiger partial charge in [0.2, 0.25) is 5.91 Å². The third-order valence-corrected chi connectivity index (χ3v) is 6.25. The van der Waals surface area contributed by atoms with Gasteiger partial charge in [0.25, 0.3) is 0 Å². The van der Waals surface area contributed by atoms with Crippen molar-refractivity contribution in [3.63, 3.8) is 0 Å². The predicted octanol–water partition coefficient (Wildman–Crippen LogP) is 3.92. The highest BCUT2D eigenvalue weighted by Gasteiger charge is 2.30. The summed E-state index contributed by atoms with van der Waals surface area (Å²) in [5.74, 6) is 1.12. The van der Waals surface area contributed by atoms with Gasteiger partial charge in [0, 0.05) is 18.0 Å². The molecule has 0 aliphatic rings. The molecule has 0 spiro atoms. The van der Waals surface area contributed by atoms with Crippen molar-refractivity contribution < 1.29 is 22.5 Å². The van der Waals surface area contributed by atoms with Crippen LogP contribution in [-0.4, -0.2) is 44.7 Å². The van der Waals surface area contributed by atoms with E-state index in [2.05, 4.69) is 15.9 Å². The highest BCUT2D eigenvalue weighted by atomic mass is 35.5. The van der Waals surface area contributed by atoms with E-state index in [4.69, 9.17) is 18.0 Å². The monoisotopic (exact) mass is 449 g/mol. The lowest BCUT2D eigenvalue weighted by Gasteiger charge is -2.19. The highest BCUT2D eigenvalue weighted by Crippen LogP contribution is 2.37. The Bertz CT molecular complexity index is 840. The first-order chi connectivity index (χ1) is 13.2. The van der Waals surface area contributed by atoms with E-state index >= 15 is 0 Å². The smallest absolute Gasteiger partial charge is 0.393 e. The van der Waals surface area contributed by atoms with Crippen LogP contribution in [0.3, 0.4) is 0 Å². The van der Waals surface area contributed by atoms with Gasteiger partial charge in [0.15, 0.2) is 5.15 Å². The number of halogens is 4. The van der Waals surface area contributed by atoms with Gasteiger partial charge in [-0.15, -0.1) is 6.42 Å². The molecule has 2 aromatic rings. The summed E-state index contributed by atoms with van der Waals surface area (Å²) in [6, 6.07) is 3.51.